The molecule has 1 saturated carbocycles. The molecule has 6 heteroatoms. The first kappa shape index (κ1) is 18.3. The van der Waals surface area contributed by atoms with Gasteiger partial charge in [0.05, 0.1) is 10.6 Å². The molecule has 2 amide bonds. The minimum absolute atomic E-state index is 0.138. The standard InChI is InChI=1S/C21H20Cl2N2O2/c22-15-6-8-18(23)17(11-15)20(26)24-16-7-5-13-9-10-25(19(13)12-16)21(27)14-3-1-2-4-14/h5-8,11-12,14H,1-4,9-10H2,(H,24,26). The Morgan fingerprint density at radius 2 is 1.81 bits per heavy atom. The van der Waals surface area contributed by atoms with Crippen LogP contribution in [0.4, 0.5) is 11.4 Å². The van der Waals surface area contributed by atoms with Gasteiger partial charge in [0.15, 0.2) is 0 Å². The number of carbonyl (C=O) groups is 2. The number of amides is 2. The second-order valence-electron chi connectivity index (χ2n) is 7.14. The van der Waals surface area contributed by atoms with Gasteiger partial charge in [-0.1, -0.05) is 42.1 Å². The monoisotopic (exact) mass is 402 g/mol. The second-order valence-corrected chi connectivity index (χ2v) is 7.99. The molecule has 2 aromatic rings. The average molecular weight is 403 g/mol. The van der Waals surface area contributed by atoms with Crippen LogP contribution in [0.1, 0.15) is 41.6 Å². The molecule has 0 unspecified atom stereocenters. The van der Waals surface area contributed by atoms with Crippen molar-refractivity contribution in [3.8, 4) is 0 Å². The number of nitrogens with one attached hydrogen (secondary N) is 1. The summed E-state index contributed by atoms with van der Waals surface area (Å²) in [7, 11) is 0. The Morgan fingerprint density at radius 1 is 1.04 bits per heavy atom. The van der Waals surface area contributed by atoms with Gasteiger partial charge in [-0.3, -0.25) is 9.59 Å². The molecule has 1 aliphatic carbocycles. The maximum Gasteiger partial charge on any atom is 0.257 e. The van der Waals surface area contributed by atoms with E-state index in [4.69, 9.17) is 23.2 Å². The first-order valence-corrected chi connectivity index (χ1v) is 9.99. The summed E-state index contributed by atoms with van der Waals surface area (Å²) in [5, 5.41) is 3.66. The fourth-order valence-corrected chi connectivity index (χ4v) is 4.32. The van der Waals surface area contributed by atoms with Crippen molar-refractivity contribution in [3.05, 3.63) is 57.6 Å². The SMILES string of the molecule is O=C(Nc1ccc2c(c1)N(C(=O)C1CCCC1)CC2)c1cc(Cl)ccc1Cl. The van der Waals surface area contributed by atoms with E-state index in [1.165, 1.54) is 0 Å². The third-order valence-corrected chi connectivity index (χ3v) is 5.95. The number of anilines is 2. The van der Waals surface area contributed by atoms with Crippen LogP contribution in [0.2, 0.25) is 10.0 Å². The van der Waals surface area contributed by atoms with Crippen LogP contribution in [0.5, 0.6) is 0 Å². The van der Waals surface area contributed by atoms with Crippen LogP contribution < -0.4 is 10.2 Å². The molecule has 1 fully saturated rings. The lowest BCUT2D eigenvalue weighted by atomic mass is 10.1. The lowest BCUT2D eigenvalue weighted by Gasteiger charge is -2.21. The average Bonchev–Trinajstić information content (AvgIpc) is 3.32. The predicted molar refractivity (Wildman–Crippen MR) is 109 cm³/mol. The molecule has 4 nitrogen and oxygen atoms in total. The maximum absolute atomic E-state index is 12.9. The van der Waals surface area contributed by atoms with Crippen LogP contribution in [0.3, 0.4) is 0 Å². The molecule has 0 aromatic heterocycles. The third-order valence-electron chi connectivity index (χ3n) is 5.38. The number of hydrogen-bond acceptors (Lipinski definition) is 2. The first-order valence-electron chi connectivity index (χ1n) is 9.23. The highest BCUT2D eigenvalue weighted by atomic mass is 35.5. The zero-order valence-corrected chi connectivity index (χ0v) is 16.3. The summed E-state index contributed by atoms with van der Waals surface area (Å²) in [5.74, 6) is 0.0289. The van der Waals surface area contributed by atoms with Crippen molar-refractivity contribution >= 4 is 46.4 Å². The van der Waals surface area contributed by atoms with Crippen molar-refractivity contribution in [2.75, 3.05) is 16.8 Å². The van der Waals surface area contributed by atoms with Crippen LogP contribution in [0.25, 0.3) is 0 Å². The van der Waals surface area contributed by atoms with Gasteiger partial charge in [-0.2, -0.15) is 0 Å². The summed E-state index contributed by atoms with van der Waals surface area (Å²) < 4.78 is 0. The molecule has 0 spiro atoms. The minimum Gasteiger partial charge on any atom is -0.322 e. The molecule has 2 aromatic carbocycles. The summed E-state index contributed by atoms with van der Waals surface area (Å²) in [4.78, 5) is 27.3. The molecule has 4 rings (SSSR count). The molecule has 140 valence electrons. The number of rotatable bonds is 3. The van der Waals surface area contributed by atoms with Gasteiger partial charge in [0.1, 0.15) is 0 Å². The summed E-state index contributed by atoms with van der Waals surface area (Å²) in [5.41, 5.74) is 3.01. The van der Waals surface area contributed by atoms with Gasteiger partial charge in [0, 0.05) is 28.9 Å². The van der Waals surface area contributed by atoms with E-state index in [9.17, 15) is 9.59 Å². The molecule has 27 heavy (non-hydrogen) atoms. The molecule has 1 heterocycles. The number of nitrogens with zero attached hydrogens (tertiary/aromatic N) is 1. The van der Waals surface area contributed by atoms with Crippen LogP contribution >= 0.6 is 23.2 Å². The van der Waals surface area contributed by atoms with E-state index in [0.29, 0.717) is 27.8 Å². The highest BCUT2D eigenvalue weighted by Gasteiger charge is 2.32. The molecule has 0 atom stereocenters. The fourth-order valence-electron chi connectivity index (χ4n) is 3.95. The van der Waals surface area contributed by atoms with Gasteiger partial charge in [-0.05, 0) is 55.2 Å². The highest BCUT2D eigenvalue weighted by Crippen LogP contribution is 2.35. The van der Waals surface area contributed by atoms with Crippen molar-refractivity contribution < 1.29 is 9.59 Å². The highest BCUT2D eigenvalue weighted by molar-refractivity contribution is 6.36. The Balaban J connectivity index is 1.55. The Bertz CT molecular complexity index is 907. The van der Waals surface area contributed by atoms with Crippen LogP contribution in [0, 0.1) is 5.92 Å². The zero-order valence-electron chi connectivity index (χ0n) is 14.8. The fraction of sp³-hybridized carbons (Fsp3) is 0.333. The van der Waals surface area contributed by atoms with Crippen molar-refractivity contribution in [3.63, 3.8) is 0 Å². The van der Waals surface area contributed by atoms with Gasteiger partial charge >= 0.3 is 0 Å². The quantitative estimate of drug-likeness (QED) is 0.754. The maximum atomic E-state index is 12.9. The molecule has 0 saturated heterocycles. The van der Waals surface area contributed by atoms with Gasteiger partial charge in [-0.15, -0.1) is 0 Å². The molecule has 1 N–H and O–H groups in total. The summed E-state index contributed by atoms with van der Waals surface area (Å²) in [6.07, 6.45) is 5.08. The van der Waals surface area contributed by atoms with E-state index in [2.05, 4.69) is 5.32 Å². The molecule has 2 aliphatic rings. The predicted octanol–water partition coefficient (Wildman–Crippen LogP) is 5.33. The van der Waals surface area contributed by atoms with Crippen LogP contribution in [0.15, 0.2) is 36.4 Å². The number of halogens is 2. The molecular weight excluding hydrogens is 383 g/mol. The minimum atomic E-state index is -0.325. The van der Waals surface area contributed by atoms with Crippen molar-refractivity contribution in [2.45, 2.75) is 32.1 Å². The molecule has 0 bridgehead atoms. The molecule has 0 radical (unpaired) electrons. The normalized spacial score (nSPS) is 16.4. The van der Waals surface area contributed by atoms with Gasteiger partial charge in [-0.25, -0.2) is 0 Å². The van der Waals surface area contributed by atoms with Crippen molar-refractivity contribution in [1.29, 1.82) is 0 Å². The van der Waals surface area contributed by atoms with E-state index < -0.39 is 0 Å². The largest absolute Gasteiger partial charge is 0.322 e. The van der Waals surface area contributed by atoms with Gasteiger partial charge < -0.3 is 10.2 Å². The van der Waals surface area contributed by atoms with E-state index in [1.807, 2.05) is 23.1 Å². The topological polar surface area (TPSA) is 49.4 Å². The van der Waals surface area contributed by atoms with E-state index in [1.54, 1.807) is 18.2 Å². The lowest BCUT2D eigenvalue weighted by molar-refractivity contribution is -0.122. The lowest BCUT2D eigenvalue weighted by Crippen LogP contribution is -2.33. The van der Waals surface area contributed by atoms with Crippen molar-refractivity contribution in [1.82, 2.24) is 0 Å². The third kappa shape index (κ3) is 3.69. The second kappa shape index (κ2) is 7.53. The van der Waals surface area contributed by atoms with E-state index in [0.717, 1.165) is 43.4 Å². The Morgan fingerprint density at radius 3 is 2.59 bits per heavy atom. The Kier molecular flexibility index (Phi) is 5.11. The number of hydrogen-bond donors (Lipinski definition) is 1. The zero-order chi connectivity index (χ0) is 19.0. The molecule has 1 aliphatic heterocycles. The number of carbonyl (C=O) groups excluding carboxylic acids is 2. The molecular formula is C21H20Cl2N2O2. The Hall–Kier alpha value is -2.04. The van der Waals surface area contributed by atoms with Gasteiger partial charge in [0.25, 0.3) is 5.91 Å². The Labute approximate surface area is 168 Å². The van der Waals surface area contributed by atoms with E-state index in [-0.39, 0.29) is 17.7 Å². The van der Waals surface area contributed by atoms with E-state index >= 15 is 0 Å². The first-order chi connectivity index (χ1) is 13.0. The van der Waals surface area contributed by atoms with Crippen LogP contribution in [-0.2, 0) is 11.2 Å². The van der Waals surface area contributed by atoms with Crippen LogP contribution in [-0.4, -0.2) is 18.4 Å². The van der Waals surface area contributed by atoms with Gasteiger partial charge in [0.2, 0.25) is 5.91 Å². The van der Waals surface area contributed by atoms with Crippen molar-refractivity contribution in [2.24, 2.45) is 5.92 Å². The summed E-state index contributed by atoms with van der Waals surface area (Å²) in [6.45, 7) is 0.711. The smallest absolute Gasteiger partial charge is 0.257 e. The number of fused-ring (bicyclic) bond motifs is 1. The number of benzene rings is 2. The summed E-state index contributed by atoms with van der Waals surface area (Å²) in [6, 6.07) is 10.5. The summed E-state index contributed by atoms with van der Waals surface area (Å²) >= 11 is 12.1.